The van der Waals surface area contributed by atoms with Crippen molar-refractivity contribution in [2.75, 3.05) is 40.9 Å². The Morgan fingerprint density at radius 2 is 0.782 bits per heavy atom. The number of hydrogen-bond acceptors (Lipinski definition) is 5. The third-order valence-corrected chi connectivity index (χ3v) is 15.9. The molecule has 0 aromatic heterocycles. The van der Waals surface area contributed by atoms with Gasteiger partial charge in [0, 0.05) is 6.42 Å². The van der Waals surface area contributed by atoms with Gasteiger partial charge in [-0.2, -0.15) is 0 Å². The van der Waals surface area contributed by atoms with Crippen molar-refractivity contribution in [1.82, 2.24) is 5.32 Å². The van der Waals surface area contributed by atoms with E-state index in [1.54, 1.807) is 6.08 Å². The molecule has 9 heteroatoms. The summed E-state index contributed by atoms with van der Waals surface area (Å²) in [7, 11) is 1.56. The molecule has 1 amide bonds. The van der Waals surface area contributed by atoms with Gasteiger partial charge in [-0.3, -0.25) is 13.8 Å². The number of phosphoric acid groups is 1. The molecule has 3 atom stereocenters. The number of phosphoric ester groups is 1. The van der Waals surface area contributed by atoms with Crippen LogP contribution in [0.3, 0.4) is 0 Å². The first kappa shape index (κ1) is 75.9. The number of unbranched alkanes of at least 4 members (excludes halogenated alkanes) is 38. The van der Waals surface area contributed by atoms with Gasteiger partial charge >= 0.3 is 7.82 Å². The highest BCUT2D eigenvalue weighted by Crippen LogP contribution is 2.43. The largest absolute Gasteiger partial charge is 0.472 e. The molecule has 0 saturated heterocycles. The predicted molar refractivity (Wildman–Crippen MR) is 341 cm³/mol. The lowest BCUT2D eigenvalue weighted by atomic mass is 10.0. The average molecular weight is 1110 g/mol. The normalized spacial score (nSPS) is 14.2. The van der Waals surface area contributed by atoms with E-state index in [9.17, 15) is 19.4 Å². The van der Waals surface area contributed by atoms with Crippen LogP contribution in [0.15, 0.2) is 72.9 Å². The van der Waals surface area contributed by atoms with Gasteiger partial charge in [-0.1, -0.05) is 305 Å². The molecule has 3 unspecified atom stereocenters. The smallest absolute Gasteiger partial charge is 0.387 e. The topological polar surface area (TPSA) is 105 Å². The van der Waals surface area contributed by atoms with Crippen molar-refractivity contribution < 1.29 is 32.9 Å². The van der Waals surface area contributed by atoms with Crippen molar-refractivity contribution in [2.24, 2.45) is 0 Å². The summed E-state index contributed by atoms with van der Waals surface area (Å²) in [4.78, 5) is 23.4. The predicted octanol–water partition coefficient (Wildman–Crippen LogP) is 21.0. The Balaban J connectivity index is 4.12. The second kappa shape index (κ2) is 59.6. The molecule has 0 spiro atoms. The quantitative estimate of drug-likeness (QED) is 0.0243. The Hall–Kier alpha value is -2.06. The van der Waals surface area contributed by atoms with E-state index in [-0.39, 0.29) is 19.1 Å². The number of likely N-dealkylation sites (N-methyl/N-ethyl adjacent to an activating group) is 1. The maximum atomic E-state index is 13.0. The number of nitrogens with zero attached hydrogens (tertiary/aromatic N) is 1. The summed E-state index contributed by atoms with van der Waals surface area (Å²) in [6, 6.07) is -0.866. The second-order valence-corrected chi connectivity index (χ2v) is 25.3. The van der Waals surface area contributed by atoms with Gasteiger partial charge in [0.25, 0.3) is 0 Å². The van der Waals surface area contributed by atoms with Crippen LogP contribution in [0.1, 0.15) is 309 Å². The molecule has 0 aliphatic heterocycles. The van der Waals surface area contributed by atoms with E-state index in [1.165, 1.54) is 225 Å². The Morgan fingerprint density at radius 1 is 0.449 bits per heavy atom. The van der Waals surface area contributed by atoms with Crippen molar-refractivity contribution in [1.29, 1.82) is 0 Å². The van der Waals surface area contributed by atoms with Crippen molar-refractivity contribution in [3.63, 3.8) is 0 Å². The summed E-state index contributed by atoms with van der Waals surface area (Å²) in [5, 5.41) is 14.0. The van der Waals surface area contributed by atoms with E-state index in [0.29, 0.717) is 17.4 Å². The van der Waals surface area contributed by atoms with E-state index in [2.05, 4.69) is 79.9 Å². The van der Waals surface area contributed by atoms with Crippen molar-refractivity contribution in [2.45, 2.75) is 321 Å². The van der Waals surface area contributed by atoms with Gasteiger partial charge in [0.05, 0.1) is 39.9 Å². The van der Waals surface area contributed by atoms with Gasteiger partial charge < -0.3 is 19.8 Å². The molecule has 0 aromatic carbocycles. The number of quaternary nitrogens is 1. The Labute approximate surface area is 484 Å². The van der Waals surface area contributed by atoms with Gasteiger partial charge in [-0.05, 0) is 70.6 Å². The lowest BCUT2D eigenvalue weighted by molar-refractivity contribution is -0.870. The van der Waals surface area contributed by atoms with Crippen LogP contribution in [0.4, 0.5) is 0 Å². The number of aliphatic hydroxyl groups is 1. The maximum Gasteiger partial charge on any atom is 0.472 e. The number of amides is 1. The Bertz CT molecular complexity index is 1500. The monoisotopic (exact) mass is 1110 g/mol. The average Bonchev–Trinajstić information content (AvgIpc) is 3.41. The number of nitrogens with one attached hydrogen (secondary N) is 1. The third-order valence-electron chi connectivity index (χ3n) is 14.9. The molecule has 0 saturated carbocycles. The van der Waals surface area contributed by atoms with Gasteiger partial charge in [0.1, 0.15) is 13.2 Å². The van der Waals surface area contributed by atoms with Crippen LogP contribution in [0.25, 0.3) is 0 Å². The summed E-state index contributed by atoms with van der Waals surface area (Å²) in [6.45, 7) is 4.72. The van der Waals surface area contributed by atoms with Crippen LogP contribution < -0.4 is 5.32 Å². The number of aliphatic hydroxyl groups excluding tert-OH is 1. The zero-order valence-electron chi connectivity index (χ0n) is 52.2. The van der Waals surface area contributed by atoms with E-state index in [0.717, 1.165) is 64.2 Å². The maximum absolute atomic E-state index is 13.0. The minimum Gasteiger partial charge on any atom is -0.387 e. The SMILES string of the molecule is CC/C=C\C/C=C\C/C=C\C/C=C\CCCCCCCCCCCCCCCCCCCCC(=O)NC(COP(=O)(O)OCC[N+](C)(C)C)C(O)/C=C/CC/C=C/CCCCCCCCCCCCCCCCCCCCC. The summed E-state index contributed by atoms with van der Waals surface area (Å²) in [5.41, 5.74) is 0. The highest BCUT2D eigenvalue weighted by Gasteiger charge is 2.28. The summed E-state index contributed by atoms with van der Waals surface area (Å²) in [6.07, 6.45) is 83.3. The molecule has 0 rings (SSSR count). The van der Waals surface area contributed by atoms with E-state index in [4.69, 9.17) is 9.05 Å². The van der Waals surface area contributed by atoms with E-state index in [1.807, 2.05) is 27.2 Å². The van der Waals surface area contributed by atoms with Crippen LogP contribution in [0.2, 0.25) is 0 Å². The number of carbonyl (C=O) groups excluding carboxylic acids is 1. The molecule has 456 valence electrons. The van der Waals surface area contributed by atoms with E-state index >= 15 is 0 Å². The van der Waals surface area contributed by atoms with Crippen molar-refractivity contribution in [3.05, 3.63) is 72.9 Å². The molecular formula is C69H130N2O6P+. The first-order chi connectivity index (χ1) is 38.0. The van der Waals surface area contributed by atoms with Gasteiger partial charge in [-0.25, -0.2) is 4.57 Å². The highest BCUT2D eigenvalue weighted by molar-refractivity contribution is 7.47. The third kappa shape index (κ3) is 61.6. The molecular weight excluding hydrogens is 984 g/mol. The molecule has 78 heavy (non-hydrogen) atoms. The molecule has 0 heterocycles. The standard InChI is InChI=1S/C69H129N2O6P/c1-6-8-10-12-14-16-18-20-22-24-26-28-30-32-33-34-35-36-37-39-41-43-45-47-49-51-53-55-57-59-61-63-69(73)70-67(66-77-78(74,75)76-65-64-71(3,4)5)68(72)62-60-58-56-54-52-50-48-46-44-42-40-38-31-29-27-25-23-21-19-17-15-13-11-9-7-2/h8,10,14,16,20,22,26,28,52,54,60,62,67-68,72H,6-7,9,11-13,15,17-19,21,23-25,27,29-51,53,55-59,61,63-66H2,1-5H3,(H-,70,73,74,75)/p+1/b10-8-,16-14-,22-20-,28-26-,54-52+,62-60+. The van der Waals surface area contributed by atoms with Crippen molar-refractivity contribution in [3.8, 4) is 0 Å². The molecule has 8 nitrogen and oxygen atoms in total. The molecule has 0 radical (unpaired) electrons. The molecule has 0 bridgehead atoms. The minimum absolute atomic E-state index is 0.0555. The number of allylic oxidation sites excluding steroid dienone is 11. The number of carbonyl (C=O) groups is 1. The fourth-order valence-electron chi connectivity index (χ4n) is 9.76. The van der Waals surface area contributed by atoms with Crippen LogP contribution in [0, 0.1) is 0 Å². The van der Waals surface area contributed by atoms with Crippen LogP contribution in [-0.2, 0) is 18.4 Å². The minimum atomic E-state index is -4.36. The van der Waals surface area contributed by atoms with Crippen LogP contribution in [-0.4, -0.2) is 73.4 Å². The van der Waals surface area contributed by atoms with Gasteiger partial charge in [-0.15, -0.1) is 0 Å². The first-order valence-electron chi connectivity index (χ1n) is 33.3. The van der Waals surface area contributed by atoms with Crippen LogP contribution >= 0.6 is 7.82 Å². The van der Waals surface area contributed by atoms with Crippen molar-refractivity contribution >= 4 is 13.7 Å². The molecule has 0 aliphatic rings. The fraction of sp³-hybridized carbons (Fsp3) is 0.812. The molecule has 0 aromatic rings. The Morgan fingerprint density at radius 3 is 1.18 bits per heavy atom. The Kier molecular flexibility index (Phi) is 58.0. The summed E-state index contributed by atoms with van der Waals surface area (Å²) in [5.74, 6) is -0.184. The van der Waals surface area contributed by atoms with E-state index < -0.39 is 20.0 Å². The molecule has 0 fully saturated rings. The molecule has 3 N–H and O–H groups in total. The lowest BCUT2D eigenvalue weighted by Gasteiger charge is -2.25. The zero-order chi connectivity index (χ0) is 57.0. The summed E-state index contributed by atoms with van der Waals surface area (Å²) < 4.78 is 23.8. The van der Waals surface area contributed by atoms with Gasteiger partial charge in [0.2, 0.25) is 5.91 Å². The lowest BCUT2D eigenvalue weighted by Crippen LogP contribution is -2.45. The second-order valence-electron chi connectivity index (χ2n) is 23.8. The summed E-state index contributed by atoms with van der Waals surface area (Å²) >= 11 is 0. The van der Waals surface area contributed by atoms with Gasteiger partial charge in [0.15, 0.2) is 0 Å². The van der Waals surface area contributed by atoms with Crippen LogP contribution in [0.5, 0.6) is 0 Å². The first-order valence-corrected chi connectivity index (χ1v) is 34.8. The zero-order valence-corrected chi connectivity index (χ0v) is 53.0. The highest BCUT2D eigenvalue weighted by atomic mass is 31.2. The molecule has 0 aliphatic carbocycles. The number of rotatable bonds is 61. The number of hydrogen-bond donors (Lipinski definition) is 3. The fourth-order valence-corrected chi connectivity index (χ4v) is 10.5.